The lowest BCUT2D eigenvalue weighted by Gasteiger charge is -2.04. The van der Waals surface area contributed by atoms with E-state index < -0.39 is 10.9 Å². The van der Waals surface area contributed by atoms with Crippen molar-refractivity contribution in [2.75, 3.05) is 7.11 Å². The van der Waals surface area contributed by atoms with Crippen LogP contribution in [0.2, 0.25) is 0 Å². The molecule has 0 bridgehead atoms. The van der Waals surface area contributed by atoms with Gasteiger partial charge >= 0.3 is 17.5 Å². The topological polar surface area (TPSA) is 120 Å². The summed E-state index contributed by atoms with van der Waals surface area (Å²) in [4.78, 5) is 25.4. The maximum atomic E-state index is 11.4. The van der Waals surface area contributed by atoms with Crippen molar-refractivity contribution >= 4 is 11.7 Å². The molecular weight excluding hydrogens is 268 g/mol. The second kappa shape index (κ2) is 5.34. The predicted octanol–water partition coefficient (Wildman–Crippen LogP) is 1.60. The molecule has 9 nitrogen and oxygen atoms in total. The minimum atomic E-state index is -0.719. The summed E-state index contributed by atoms with van der Waals surface area (Å²) in [7, 11) is 1.18. The number of H-pyrrole nitrogens is 1. The molecule has 0 saturated heterocycles. The normalized spacial score (nSPS) is 10.1. The number of methoxy groups -OCH3 is 1. The van der Waals surface area contributed by atoms with Gasteiger partial charge in [0.2, 0.25) is 5.88 Å². The maximum absolute atomic E-state index is 11.4. The molecule has 0 amide bonds. The Morgan fingerprint density at radius 2 is 2.20 bits per heavy atom. The first-order valence-corrected chi connectivity index (χ1v) is 5.45. The van der Waals surface area contributed by atoms with Gasteiger partial charge in [-0.2, -0.15) is 4.98 Å². The molecule has 0 spiro atoms. The van der Waals surface area contributed by atoms with E-state index in [-0.39, 0.29) is 23.1 Å². The van der Waals surface area contributed by atoms with Gasteiger partial charge in [-0.25, -0.2) is 4.79 Å². The van der Waals surface area contributed by atoms with Crippen LogP contribution in [-0.4, -0.2) is 33.2 Å². The molecule has 2 rings (SSSR count). The van der Waals surface area contributed by atoms with Crippen molar-refractivity contribution in [3.05, 3.63) is 39.7 Å². The molecule has 0 unspecified atom stereocenters. The second-order valence-corrected chi connectivity index (χ2v) is 3.76. The van der Waals surface area contributed by atoms with Crippen LogP contribution in [0, 0.1) is 17.0 Å². The Kier molecular flexibility index (Phi) is 3.60. The SMILES string of the molecule is COC(=O)c1ccc([N+](=O)[O-])c(Oc2cc(C)[nH]n2)n1. The largest absolute Gasteiger partial charge is 0.464 e. The first-order valence-electron chi connectivity index (χ1n) is 5.45. The molecule has 0 radical (unpaired) electrons. The molecule has 0 saturated carbocycles. The number of nitro groups is 1. The van der Waals surface area contributed by atoms with E-state index in [1.807, 2.05) is 0 Å². The van der Waals surface area contributed by atoms with Crippen LogP contribution in [0.25, 0.3) is 0 Å². The lowest BCUT2D eigenvalue weighted by Crippen LogP contribution is -2.06. The van der Waals surface area contributed by atoms with Gasteiger partial charge in [0, 0.05) is 17.8 Å². The third-order valence-corrected chi connectivity index (χ3v) is 2.32. The smallest absolute Gasteiger partial charge is 0.356 e. The zero-order chi connectivity index (χ0) is 14.7. The molecule has 2 heterocycles. The van der Waals surface area contributed by atoms with E-state index in [1.165, 1.54) is 19.2 Å². The van der Waals surface area contributed by atoms with E-state index in [1.54, 1.807) is 6.92 Å². The third kappa shape index (κ3) is 2.71. The number of rotatable bonds is 4. The Morgan fingerprint density at radius 1 is 1.45 bits per heavy atom. The molecule has 2 aromatic rings. The highest BCUT2D eigenvalue weighted by atomic mass is 16.6. The van der Waals surface area contributed by atoms with Crippen LogP contribution in [0.5, 0.6) is 11.8 Å². The number of carbonyl (C=O) groups excluding carboxylic acids is 1. The van der Waals surface area contributed by atoms with Gasteiger partial charge < -0.3 is 9.47 Å². The Hall–Kier alpha value is -2.97. The number of hydrogen-bond donors (Lipinski definition) is 1. The second-order valence-electron chi connectivity index (χ2n) is 3.76. The number of aromatic nitrogens is 3. The lowest BCUT2D eigenvalue weighted by molar-refractivity contribution is -0.386. The van der Waals surface area contributed by atoms with E-state index in [0.29, 0.717) is 5.69 Å². The summed E-state index contributed by atoms with van der Waals surface area (Å²) in [5.41, 5.74) is 0.241. The van der Waals surface area contributed by atoms with Crippen molar-refractivity contribution < 1.29 is 19.2 Å². The van der Waals surface area contributed by atoms with Crippen LogP contribution < -0.4 is 4.74 Å². The van der Waals surface area contributed by atoms with Crippen molar-refractivity contribution in [3.8, 4) is 11.8 Å². The average molecular weight is 278 g/mol. The molecular formula is C11H10N4O5. The van der Waals surface area contributed by atoms with Crippen LogP contribution >= 0.6 is 0 Å². The van der Waals surface area contributed by atoms with Gasteiger partial charge in [0.15, 0.2) is 5.69 Å². The number of nitrogens with one attached hydrogen (secondary N) is 1. The van der Waals surface area contributed by atoms with Gasteiger partial charge in [0.25, 0.3) is 0 Å². The molecule has 104 valence electrons. The molecule has 0 aromatic carbocycles. The van der Waals surface area contributed by atoms with Crippen LogP contribution in [0.4, 0.5) is 5.69 Å². The van der Waals surface area contributed by atoms with E-state index >= 15 is 0 Å². The van der Waals surface area contributed by atoms with Gasteiger partial charge in [-0.05, 0) is 13.0 Å². The number of carbonyl (C=O) groups is 1. The minimum Gasteiger partial charge on any atom is -0.464 e. The van der Waals surface area contributed by atoms with Gasteiger partial charge in [-0.15, -0.1) is 5.10 Å². The first-order chi connectivity index (χ1) is 9.51. The third-order valence-electron chi connectivity index (χ3n) is 2.32. The number of hydrogen-bond acceptors (Lipinski definition) is 7. The van der Waals surface area contributed by atoms with Crippen molar-refractivity contribution in [3.63, 3.8) is 0 Å². The number of ether oxygens (including phenoxy) is 2. The predicted molar refractivity (Wildman–Crippen MR) is 65.6 cm³/mol. The number of aromatic amines is 1. The molecule has 9 heteroatoms. The highest BCUT2D eigenvalue weighted by Crippen LogP contribution is 2.28. The molecule has 20 heavy (non-hydrogen) atoms. The summed E-state index contributed by atoms with van der Waals surface area (Å²) in [6.07, 6.45) is 0. The van der Waals surface area contributed by atoms with Gasteiger partial charge in [0.1, 0.15) is 0 Å². The number of pyridine rings is 1. The highest BCUT2D eigenvalue weighted by molar-refractivity contribution is 5.87. The summed E-state index contributed by atoms with van der Waals surface area (Å²) < 4.78 is 9.72. The van der Waals surface area contributed by atoms with Crippen molar-refractivity contribution in [1.82, 2.24) is 15.2 Å². The fourth-order valence-electron chi connectivity index (χ4n) is 1.41. The summed E-state index contributed by atoms with van der Waals surface area (Å²) in [6.45, 7) is 1.74. The summed E-state index contributed by atoms with van der Waals surface area (Å²) >= 11 is 0. The first kappa shape index (κ1) is 13.5. The fourth-order valence-corrected chi connectivity index (χ4v) is 1.41. The van der Waals surface area contributed by atoms with E-state index in [9.17, 15) is 14.9 Å². The Balaban J connectivity index is 2.41. The van der Waals surface area contributed by atoms with Gasteiger partial charge in [-0.3, -0.25) is 15.2 Å². The van der Waals surface area contributed by atoms with E-state index in [4.69, 9.17) is 4.74 Å². The van der Waals surface area contributed by atoms with Gasteiger partial charge in [0.05, 0.1) is 12.0 Å². The van der Waals surface area contributed by atoms with Crippen molar-refractivity contribution in [2.45, 2.75) is 6.92 Å². The molecule has 0 atom stereocenters. The van der Waals surface area contributed by atoms with Crippen LogP contribution in [0.1, 0.15) is 16.2 Å². The van der Waals surface area contributed by atoms with E-state index in [0.717, 1.165) is 6.07 Å². The standard InChI is InChI=1S/C11H10N4O5/c1-6-5-9(14-13-6)20-10-8(15(17)18)4-3-7(12-10)11(16)19-2/h3-5H,1-2H3,(H,13,14). The number of aryl methyl sites for hydroxylation is 1. The summed E-state index contributed by atoms with van der Waals surface area (Å²) in [6, 6.07) is 3.84. The van der Waals surface area contributed by atoms with Crippen molar-refractivity contribution in [2.24, 2.45) is 0 Å². The maximum Gasteiger partial charge on any atom is 0.356 e. The summed E-state index contributed by atoms with van der Waals surface area (Å²) in [5.74, 6) is -0.938. The lowest BCUT2D eigenvalue weighted by atomic mass is 10.3. The highest BCUT2D eigenvalue weighted by Gasteiger charge is 2.21. The minimum absolute atomic E-state index is 0.0969. The Bertz CT molecular complexity index is 667. The fraction of sp³-hybridized carbons (Fsp3) is 0.182. The molecule has 0 aliphatic heterocycles. The Morgan fingerprint density at radius 3 is 2.75 bits per heavy atom. The van der Waals surface area contributed by atoms with Crippen LogP contribution in [0.3, 0.4) is 0 Å². The Labute approximate surface area is 112 Å². The quantitative estimate of drug-likeness (QED) is 0.512. The number of nitrogens with zero attached hydrogens (tertiary/aromatic N) is 3. The summed E-state index contributed by atoms with van der Waals surface area (Å²) in [5, 5.41) is 17.3. The van der Waals surface area contributed by atoms with E-state index in [2.05, 4.69) is 19.9 Å². The molecule has 0 fully saturated rings. The van der Waals surface area contributed by atoms with Crippen LogP contribution in [0.15, 0.2) is 18.2 Å². The van der Waals surface area contributed by atoms with Crippen LogP contribution in [-0.2, 0) is 4.74 Å². The monoisotopic (exact) mass is 278 g/mol. The van der Waals surface area contributed by atoms with Crippen molar-refractivity contribution in [1.29, 1.82) is 0 Å². The molecule has 0 aliphatic rings. The molecule has 2 aromatic heterocycles. The zero-order valence-electron chi connectivity index (χ0n) is 10.6. The molecule has 1 N–H and O–H groups in total. The zero-order valence-corrected chi connectivity index (χ0v) is 10.6. The van der Waals surface area contributed by atoms with Gasteiger partial charge in [-0.1, -0.05) is 0 Å². The number of esters is 1. The average Bonchev–Trinajstić information content (AvgIpc) is 2.82. The molecule has 0 aliphatic carbocycles.